The highest BCUT2D eigenvalue weighted by atomic mass is 15.1. The highest BCUT2D eigenvalue weighted by Gasteiger charge is 2.36. The maximum absolute atomic E-state index is 2.40. The Hall–Kier alpha value is -2.03. The summed E-state index contributed by atoms with van der Waals surface area (Å²) in [6, 6.07) is 13.2. The average molecular weight is 305 g/mol. The van der Waals surface area contributed by atoms with Crippen LogP contribution in [0.5, 0.6) is 0 Å². The molecule has 118 valence electrons. The predicted molar refractivity (Wildman–Crippen MR) is 100 cm³/mol. The number of anilines is 1. The van der Waals surface area contributed by atoms with Crippen LogP contribution in [0.2, 0.25) is 0 Å². The quantitative estimate of drug-likeness (QED) is 0.580. The van der Waals surface area contributed by atoms with Gasteiger partial charge in [-0.05, 0) is 36.6 Å². The molecule has 1 aliphatic heterocycles. The van der Waals surface area contributed by atoms with Crippen molar-refractivity contribution in [2.45, 2.75) is 33.1 Å². The summed E-state index contributed by atoms with van der Waals surface area (Å²) in [5.74, 6) is 0. The van der Waals surface area contributed by atoms with Crippen LogP contribution < -0.4 is 15.0 Å². The number of nitrogens with zero attached hydrogens (tertiary/aromatic N) is 2. The highest BCUT2D eigenvalue weighted by molar-refractivity contribution is 6.82. The number of hydrogen-bond acceptors (Lipinski definition) is 1. The summed E-state index contributed by atoms with van der Waals surface area (Å²) >= 11 is 0. The molecule has 2 heterocycles. The number of rotatable bonds is 1. The van der Waals surface area contributed by atoms with Gasteiger partial charge in [0, 0.05) is 17.8 Å². The minimum atomic E-state index is 0.159. The van der Waals surface area contributed by atoms with Crippen molar-refractivity contribution in [3.8, 4) is 0 Å². The van der Waals surface area contributed by atoms with Gasteiger partial charge in [-0.1, -0.05) is 50.5 Å². The molecular formula is C20H26BN2+. The molecule has 0 N–H and O–H groups in total. The highest BCUT2D eigenvalue weighted by Crippen LogP contribution is 2.29. The Balaban J connectivity index is 2.13. The summed E-state index contributed by atoms with van der Waals surface area (Å²) in [4.78, 5) is 2.40. The summed E-state index contributed by atoms with van der Waals surface area (Å²) in [7, 11) is 4.34. The number of aryl methyl sites for hydroxylation is 1. The minimum Gasteiger partial charge on any atom is -0.404 e. The van der Waals surface area contributed by atoms with Gasteiger partial charge >= 0.3 is 6.85 Å². The van der Waals surface area contributed by atoms with Gasteiger partial charge in [-0.3, -0.25) is 0 Å². The molecule has 0 spiro atoms. The Morgan fingerprint density at radius 1 is 1.09 bits per heavy atom. The minimum absolute atomic E-state index is 0.159. The molecule has 3 rings (SSSR count). The average Bonchev–Trinajstić information content (AvgIpc) is 2.48. The summed E-state index contributed by atoms with van der Waals surface area (Å²) < 4.78 is 2.25. The lowest BCUT2D eigenvalue weighted by atomic mass is 9.49. The number of para-hydroxylation sites is 1. The third-order valence-corrected chi connectivity index (χ3v) is 4.85. The SMILES string of the molecule is CC1=Cc2ccccc2N(C)B1c1cc(C(C)(C)C)cc[n+]1C. The Labute approximate surface area is 140 Å². The van der Waals surface area contributed by atoms with E-state index in [0.29, 0.717) is 0 Å². The van der Waals surface area contributed by atoms with Crippen LogP contribution >= 0.6 is 0 Å². The van der Waals surface area contributed by atoms with Crippen LogP contribution in [-0.2, 0) is 12.5 Å². The van der Waals surface area contributed by atoms with Gasteiger partial charge in [0.25, 0.3) is 0 Å². The van der Waals surface area contributed by atoms with Crippen LogP contribution in [0.4, 0.5) is 5.69 Å². The van der Waals surface area contributed by atoms with E-state index in [4.69, 9.17) is 0 Å². The van der Waals surface area contributed by atoms with E-state index < -0.39 is 0 Å². The standard InChI is InChI=1S/C20H26BN2/c1-15-13-16-9-7-8-10-18(16)23(6)21(15)19-14-17(20(2,3)4)11-12-22(19)5/h7-14H,1-6H3/q+1. The number of allylic oxidation sites excluding steroid dienone is 1. The van der Waals surface area contributed by atoms with Crippen molar-refractivity contribution in [3.63, 3.8) is 0 Å². The lowest BCUT2D eigenvalue weighted by molar-refractivity contribution is -0.654. The fourth-order valence-electron chi connectivity index (χ4n) is 3.46. The first-order chi connectivity index (χ1) is 10.8. The molecule has 0 atom stereocenters. The van der Waals surface area contributed by atoms with Gasteiger partial charge in [-0.2, -0.15) is 0 Å². The number of benzene rings is 1. The summed E-state index contributed by atoms with van der Waals surface area (Å²) in [5, 5.41) is 0. The Morgan fingerprint density at radius 2 is 1.78 bits per heavy atom. The normalized spacial score (nSPS) is 14.6. The molecule has 0 aliphatic carbocycles. The van der Waals surface area contributed by atoms with Gasteiger partial charge in [0.1, 0.15) is 7.05 Å². The van der Waals surface area contributed by atoms with Crippen molar-refractivity contribution >= 4 is 24.2 Å². The molecule has 3 heteroatoms. The molecule has 23 heavy (non-hydrogen) atoms. The van der Waals surface area contributed by atoms with Crippen molar-refractivity contribution in [2.24, 2.45) is 7.05 Å². The molecule has 0 amide bonds. The number of hydrogen-bond donors (Lipinski definition) is 0. The van der Waals surface area contributed by atoms with E-state index in [1.165, 1.54) is 27.9 Å². The van der Waals surface area contributed by atoms with Crippen molar-refractivity contribution in [1.82, 2.24) is 0 Å². The maximum atomic E-state index is 2.40. The molecule has 0 fully saturated rings. The van der Waals surface area contributed by atoms with E-state index in [1.807, 2.05) is 0 Å². The summed E-state index contributed by atoms with van der Waals surface area (Å²) in [5.41, 5.74) is 6.86. The summed E-state index contributed by atoms with van der Waals surface area (Å²) in [6.07, 6.45) is 4.52. The lowest BCUT2D eigenvalue weighted by Crippen LogP contribution is -2.62. The third-order valence-electron chi connectivity index (χ3n) is 4.85. The Morgan fingerprint density at radius 3 is 2.48 bits per heavy atom. The first-order valence-electron chi connectivity index (χ1n) is 8.29. The monoisotopic (exact) mass is 305 g/mol. The van der Waals surface area contributed by atoms with E-state index in [2.05, 4.69) is 99.8 Å². The molecular weight excluding hydrogens is 279 g/mol. The van der Waals surface area contributed by atoms with Crippen LogP contribution in [-0.4, -0.2) is 13.9 Å². The molecule has 1 aliphatic rings. The second-order valence-electron chi connectivity index (χ2n) is 7.66. The molecule has 0 saturated heterocycles. The number of fused-ring (bicyclic) bond motifs is 1. The van der Waals surface area contributed by atoms with Crippen molar-refractivity contribution in [2.75, 3.05) is 11.9 Å². The molecule has 0 bridgehead atoms. The van der Waals surface area contributed by atoms with Crippen molar-refractivity contribution < 1.29 is 4.57 Å². The number of aromatic nitrogens is 1. The second-order valence-corrected chi connectivity index (χ2v) is 7.66. The molecule has 0 radical (unpaired) electrons. The van der Waals surface area contributed by atoms with Crippen LogP contribution in [0.15, 0.2) is 48.1 Å². The van der Waals surface area contributed by atoms with Gasteiger partial charge in [0.2, 0.25) is 0 Å². The van der Waals surface area contributed by atoms with E-state index >= 15 is 0 Å². The zero-order valence-electron chi connectivity index (χ0n) is 15.1. The summed E-state index contributed by atoms with van der Waals surface area (Å²) in [6.45, 7) is 9.33. The molecule has 0 unspecified atom stereocenters. The van der Waals surface area contributed by atoms with Crippen LogP contribution in [0.3, 0.4) is 0 Å². The zero-order chi connectivity index (χ0) is 16.8. The second kappa shape index (κ2) is 5.56. The van der Waals surface area contributed by atoms with Crippen molar-refractivity contribution in [3.05, 3.63) is 59.2 Å². The smallest absolute Gasteiger partial charge is 0.399 e. The molecule has 0 saturated carbocycles. The predicted octanol–water partition coefficient (Wildman–Crippen LogP) is 3.10. The molecule has 2 nitrogen and oxygen atoms in total. The first kappa shape index (κ1) is 15.9. The molecule has 1 aromatic heterocycles. The largest absolute Gasteiger partial charge is 0.404 e. The molecule has 2 aromatic rings. The van der Waals surface area contributed by atoms with Gasteiger partial charge in [-0.15, -0.1) is 0 Å². The van der Waals surface area contributed by atoms with Crippen LogP contribution in [0.1, 0.15) is 38.8 Å². The molecule has 1 aromatic carbocycles. The third kappa shape index (κ3) is 2.80. The zero-order valence-corrected chi connectivity index (χ0v) is 15.1. The Kier molecular flexibility index (Phi) is 3.83. The van der Waals surface area contributed by atoms with Gasteiger partial charge in [0.15, 0.2) is 11.8 Å². The van der Waals surface area contributed by atoms with E-state index in [0.717, 1.165) is 0 Å². The topological polar surface area (TPSA) is 7.12 Å². The van der Waals surface area contributed by atoms with Gasteiger partial charge < -0.3 is 4.81 Å². The number of pyridine rings is 1. The van der Waals surface area contributed by atoms with E-state index in [1.54, 1.807) is 0 Å². The van der Waals surface area contributed by atoms with Gasteiger partial charge in [-0.25, -0.2) is 4.57 Å². The lowest BCUT2D eigenvalue weighted by Gasteiger charge is -2.32. The maximum Gasteiger partial charge on any atom is 0.399 e. The van der Waals surface area contributed by atoms with Crippen molar-refractivity contribution in [1.29, 1.82) is 0 Å². The first-order valence-corrected chi connectivity index (χ1v) is 8.29. The Bertz CT molecular complexity index is 771. The van der Waals surface area contributed by atoms with E-state index in [9.17, 15) is 0 Å². The van der Waals surface area contributed by atoms with Crippen LogP contribution in [0, 0.1) is 0 Å². The fraction of sp³-hybridized carbons (Fsp3) is 0.350. The fourth-order valence-corrected chi connectivity index (χ4v) is 3.46. The van der Waals surface area contributed by atoms with E-state index in [-0.39, 0.29) is 12.3 Å². The van der Waals surface area contributed by atoms with Crippen LogP contribution in [0.25, 0.3) is 6.08 Å². The van der Waals surface area contributed by atoms with Gasteiger partial charge in [0.05, 0.1) is 0 Å².